The van der Waals surface area contributed by atoms with Crippen molar-refractivity contribution in [2.75, 3.05) is 18.4 Å². The van der Waals surface area contributed by atoms with Gasteiger partial charge in [-0.2, -0.15) is 0 Å². The second kappa shape index (κ2) is 9.35. The van der Waals surface area contributed by atoms with Crippen LogP contribution in [-0.4, -0.2) is 24.1 Å². The summed E-state index contributed by atoms with van der Waals surface area (Å²) < 4.78 is 0. The van der Waals surface area contributed by atoms with Crippen molar-refractivity contribution in [3.63, 3.8) is 0 Å². The first-order chi connectivity index (χ1) is 11.1. The molecule has 0 aliphatic heterocycles. The Hall–Kier alpha value is -1.82. The highest BCUT2D eigenvalue weighted by atomic mass is 35.5. The van der Waals surface area contributed by atoms with Crippen molar-refractivity contribution in [3.8, 4) is 0 Å². The zero-order valence-corrected chi connectivity index (χ0v) is 14.0. The van der Waals surface area contributed by atoms with Crippen molar-refractivity contribution >= 4 is 34.9 Å². The largest absolute Gasteiger partial charge is 0.338 e. The van der Waals surface area contributed by atoms with E-state index in [-0.39, 0.29) is 6.03 Å². The summed E-state index contributed by atoms with van der Waals surface area (Å²) in [5.74, 6) is 0. The zero-order valence-electron chi connectivity index (χ0n) is 12.5. The van der Waals surface area contributed by atoms with Gasteiger partial charge in [0.15, 0.2) is 0 Å². The summed E-state index contributed by atoms with van der Waals surface area (Å²) in [6.45, 7) is 2.04. The number of rotatable bonds is 7. The first-order valence-corrected chi connectivity index (χ1v) is 7.99. The minimum atomic E-state index is -0.236. The van der Waals surface area contributed by atoms with Gasteiger partial charge in [-0.1, -0.05) is 23.2 Å². The van der Waals surface area contributed by atoms with E-state index in [0.29, 0.717) is 28.8 Å². The van der Waals surface area contributed by atoms with Crippen molar-refractivity contribution in [2.24, 2.45) is 0 Å². The van der Waals surface area contributed by atoms with Gasteiger partial charge in [-0.3, -0.25) is 4.98 Å². The maximum atomic E-state index is 11.6. The molecule has 23 heavy (non-hydrogen) atoms. The average Bonchev–Trinajstić information content (AvgIpc) is 2.51. The van der Waals surface area contributed by atoms with Gasteiger partial charge in [0, 0.05) is 29.3 Å². The van der Waals surface area contributed by atoms with Crippen LogP contribution in [0.2, 0.25) is 10.0 Å². The Kier molecular flexibility index (Phi) is 7.13. The number of urea groups is 1. The van der Waals surface area contributed by atoms with Gasteiger partial charge in [0.1, 0.15) is 0 Å². The normalized spacial score (nSPS) is 10.3. The van der Waals surface area contributed by atoms with Crippen LogP contribution in [0, 0.1) is 0 Å². The number of anilines is 1. The molecule has 1 aromatic carbocycles. The van der Waals surface area contributed by atoms with Crippen molar-refractivity contribution in [3.05, 3.63) is 58.3 Å². The smallest absolute Gasteiger partial charge is 0.319 e. The molecule has 0 unspecified atom stereocenters. The number of benzene rings is 1. The molecule has 122 valence electrons. The van der Waals surface area contributed by atoms with E-state index >= 15 is 0 Å². The molecule has 0 aliphatic carbocycles. The molecule has 7 heteroatoms. The Morgan fingerprint density at radius 3 is 2.61 bits per heavy atom. The van der Waals surface area contributed by atoms with Gasteiger partial charge in [0.25, 0.3) is 0 Å². The van der Waals surface area contributed by atoms with E-state index in [1.807, 2.05) is 12.1 Å². The van der Waals surface area contributed by atoms with E-state index in [4.69, 9.17) is 23.2 Å². The Morgan fingerprint density at radius 2 is 1.91 bits per heavy atom. The van der Waals surface area contributed by atoms with Crippen LogP contribution in [0.25, 0.3) is 0 Å². The molecule has 2 rings (SSSR count). The lowest BCUT2D eigenvalue weighted by Crippen LogP contribution is -2.31. The van der Waals surface area contributed by atoms with Crippen LogP contribution in [0.5, 0.6) is 0 Å². The third-order valence-corrected chi connectivity index (χ3v) is 3.42. The number of carbonyl (C=O) groups is 1. The summed E-state index contributed by atoms with van der Waals surface area (Å²) in [5.41, 5.74) is 1.70. The fourth-order valence-corrected chi connectivity index (χ4v) is 2.54. The Morgan fingerprint density at radius 1 is 1.13 bits per heavy atom. The number of amides is 2. The molecule has 0 fully saturated rings. The Balaban J connectivity index is 1.58. The summed E-state index contributed by atoms with van der Waals surface area (Å²) in [6, 6.07) is 8.77. The molecular formula is C16H18Cl2N4O. The number of carbonyl (C=O) groups excluding carboxylic acids is 1. The SMILES string of the molecule is O=C(NCCCNCc1cc(Cl)cc(Cl)c1)Nc1cccnc1. The van der Waals surface area contributed by atoms with Crippen LogP contribution in [0.3, 0.4) is 0 Å². The minimum Gasteiger partial charge on any atom is -0.338 e. The third kappa shape index (κ3) is 6.86. The van der Waals surface area contributed by atoms with Gasteiger partial charge >= 0.3 is 6.03 Å². The zero-order chi connectivity index (χ0) is 16.5. The van der Waals surface area contributed by atoms with Gasteiger partial charge in [-0.25, -0.2) is 4.79 Å². The number of nitrogens with zero attached hydrogens (tertiary/aromatic N) is 1. The second-order valence-electron chi connectivity index (χ2n) is 4.93. The molecule has 0 bridgehead atoms. The van der Waals surface area contributed by atoms with Crippen LogP contribution in [0.4, 0.5) is 10.5 Å². The topological polar surface area (TPSA) is 66.1 Å². The lowest BCUT2D eigenvalue weighted by atomic mass is 10.2. The molecule has 2 amide bonds. The molecule has 0 aliphatic rings. The standard InChI is InChI=1S/C16H18Cl2N4O/c17-13-7-12(8-14(18)9-13)10-19-5-2-6-21-16(23)22-15-3-1-4-20-11-15/h1,3-4,7-9,11,19H,2,5-6,10H2,(H2,21,22,23). The lowest BCUT2D eigenvalue weighted by Gasteiger charge is -2.08. The van der Waals surface area contributed by atoms with E-state index in [1.165, 1.54) is 0 Å². The molecule has 1 aromatic heterocycles. The summed E-state index contributed by atoms with van der Waals surface area (Å²) in [5, 5.41) is 10.0. The lowest BCUT2D eigenvalue weighted by molar-refractivity contribution is 0.252. The molecule has 3 N–H and O–H groups in total. The summed E-state index contributed by atoms with van der Waals surface area (Å²) in [7, 11) is 0. The van der Waals surface area contributed by atoms with Crippen LogP contribution in [0.1, 0.15) is 12.0 Å². The second-order valence-corrected chi connectivity index (χ2v) is 5.80. The van der Waals surface area contributed by atoms with Gasteiger partial charge in [-0.05, 0) is 48.9 Å². The van der Waals surface area contributed by atoms with E-state index in [0.717, 1.165) is 18.5 Å². The molecule has 0 radical (unpaired) electrons. The summed E-state index contributed by atoms with van der Waals surface area (Å²) in [4.78, 5) is 15.6. The van der Waals surface area contributed by atoms with Crippen molar-refractivity contribution in [1.29, 1.82) is 0 Å². The number of nitrogens with one attached hydrogen (secondary N) is 3. The van der Waals surface area contributed by atoms with E-state index in [9.17, 15) is 4.79 Å². The number of halogens is 2. The predicted molar refractivity (Wildman–Crippen MR) is 94.0 cm³/mol. The first-order valence-electron chi connectivity index (χ1n) is 7.24. The molecule has 0 spiro atoms. The summed E-state index contributed by atoms with van der Waals surface area (Å²) in [6.07, 6.45) is 4.06. The van der Waals surface area contributed by atoms with E-state index in [2.05, 4.69) is 20.9 Å². The predicted octanol–water partition coefficient (Wildman–Crippen LogP) is 3.69. The van der Waals surface area contributed by atoms with Crippen molar-refractivity contribution < 1.29 is 4.79 Å². The van der Waals surface area contributed by atoms with E-state index < -0.39 is 0 Å². The fourth-order valence-electron chi connectivity index (χ4n) is 1.97. The molecule has 0 saturated carbocycles. The van der Waals surface area contributed by atoms with Crippen molar-refractivity contribution in [2.45, 2.75) is 13.0 Å². The maximum Gasteiger partial charge on any atom is 0.319 e. The third-order valence-electron chi connectivity index (χ3n) is 2.99. The highest BCUT2D eigenvalue weighted by molar-refractivity contribution is 6.34. The highest BCUT2D eigenvalue weighted by Gasteiger charge is 2.01. The van der Waals surface area contributed by atoms with Crippen LogP contribution in [-0.2, 0) is 6.54 Å². The van der Waals surface area contributed by atoms with Crippen LogP contribution < -0.4 is 16.0 Å². The summed E-state index contributed by atoms with van der Waals surface area (Å²) >= 11 is 11.9. The monoisotopic (exact) mass is 352 g/mol. The minimum absolute atomic E-state index is 0.236. The van der Waals surface area contributed by atoms with Gasteiger partial charge in [0.2, 0.25) is 0 Å². The number of pyridine rings is 1. The van der Waals surface area contributed by atoms with Gasteiger partial charge in [0.05, 0.1) is 11.9 Å². The van der Waals surface area contributed by atoms with Gasteiger partial charge in [-0.15, -0.1) is 0 Å². The Bertz CT molecular complexity index is 617. The quantitative estimate of drug-likeness (QED) is 0.665. The van der Waals surface area contributed by atoms with E-state index in [1.54, 1.807) is 30.6 Å². The van der Waals surface area contributed by atoms with Crippen molar-refractivity contribution in [1.82, 2.24) is 15.6 Å². The highest BCUT2D eigenvalue weighted by Crippen LogP contribution is 2.18. The molecular weight excluding hydrogens is 335 g/mol. The molecule has 2 aromatic rings. The molecule has 1 heterocycles. The fraction of sp³-hybridized carbons (Fsp3) is 0.250. The van der Waals surface area contributed by atoms with Crippen LogP contribution >= 0.6 is 23.2 Å². The average molecular weight is 353 g/mol. The molecule has 0 atom stereocenters. The Labute approximate surface area is 145 Å². The number of hydrogen-bond acceptors (Lipinski definition) is 3. The van der Waals surface area contributed by atoms with Gasteiger partial charge < -0.3 is 16.0 Å². The number of aromatic nitrogens is 1. The molecule has 0 saturated heterocycles. The molecule has 5 nitrogen and oxygen atoms in total. The van der Waals surface area contributed by atoms with Crippen LogP contribution in [0.15, 0.2) is 42.7 Å². The maximum absolute atomic E-state index is 11.6. The number of hydrogen-bond donors (Lipinski definition) is 3. The first kappa shape index (κ1) is 17.5.